The molecule has 3 heterocycles. The molecule has 0 spiro atoms. The molecule has 7 nitrogen and oxygen atoms in total. The number of allylic oxidation sites excluding steroid dienone is 2. The van der Waals surface area contributed by atoms with Crippen LogP contribution < -0.4 is 10.5 Å². The van der Waals surface area contributed by atoms with E-state index in [1.807, 2.05) is 30.4 Å². The zero-order valence-electron chi connectivity index (χ0n) is 16.1. The topological polar surface area (TPSA) is 69.5 Å². The molecule has 1 saturated heterocycles. The monoisotopic (exact) mass is 380 g/mol. The Morgan fingerprint density at radius 3 is 2.79 bits per heavy atom. The molecular weight excluding hydrogens is 356 g/mol. The summed E-state index contributed by atoms with van der Waals surface area (Å²) in [6.45, 7) is 1.90. The second-order valence-corrected chi connectivity index (χ2v) is 6.98. The third-order valence-electron chi connectivity index (χ3n) is 5.29. The van der Waals surface area contributed by atoms with Gasteiger partial charge >= 0.3 is 0 Å². The lowest BCUT2D eigenvalue weighted by atomic mass is 9.91. The number of rotatable bonds is 4. The third-order valence-corrected chi connectivity index (χ3v) is 5.29. The maximum atomic E-state index is 12.6. The van der Waals surface area contributed by atoms with Crippen LogP contribution in [0.2, 0.25) is 0 Å². The molecule has 0 N–H and O–H groups in total. The van der Waals surface area contributed by atoms with Crippen LogP contribution in [0.4, 0.5) is 5.95 Å². The number of ether oxygens (including phenoxy) is 2. The van der Waals surface area contributed by atoms with Gasteiger partial charge in [-0.3, -0.25) is 14.3 Å². The Bertz CT molecular complexity index is 938. The summed E-state index contributed by atoms with van der Waals surface area (Å²) in [7, 11) is 3.47. The van der Waals surface area contributed by atoms with E-state index >= 15 is 0 Å². The molecule has 2 unspecified atom stereocenters. The van der Waals surface area contributed by atoms with Crippen LogP contribution in [0.5, 0.6) is 0 Å². The number of methoxy groups -OCH3 is 1. The largest absolute Gasteiger partial charge is 0.377 e. The van der Waals surface area contributed by atoms with Crippen LogP contribution in [-0.4, -0.2) is 53.5 Å². The van der Waals surface area contributed by atoms with E-state index in [4.69, 9.17) is 14.5 Å². The highest BCUT2D eigenvalue weighted by atomic mass is 16.5. The Kier molecular flexibility index (Phi) is 5.36. The average Bonchev–Trinajstić information content (AvgIpc) is 2.76. The Labute approximate surface area is 163 Å². The molecule has 1 fully saturated rings. The summed E-state index contributed by atoms with van der Waals surface area (Å²) in [6.07, 6.45) is 11.5. The molecule has 3 atom stereocenters. The van der Waals surface area contributed by atoms with Crippen molar-refractivity contribution in [1.29, 1.82) is 0 Å². The molecule has 146 valence electrons. The highest BCUT2D eigenvalue weighted by Gasteiger charge is 2.33. The van der Waals surface area contributed by atoms with E-state index in [9.17, 15) is 4.79 Å². The molecule has 0 bridgehead atoms. The summed E-state index contributed by atoms with van der Waals surface area (Å²) in [5, 5.41) is 0. The van der Waals surface area contributed by atoms with E-state index in [1.165, 1.54) is 0 Å². The highest BCUT2D eigenvalue weighted by Crippen LogP contribution is 2.26. The first-order valence-electron chi connectivity index (χ1n) is 9.40. The van der Waals surface area contributed by atoms with E-state index in [1.54, 1.807) is 37.2 Å². The van der Waals surface area contributed by atoms with Crippen LogP contribution in [-0.2, 0) is 16.5 Å². The minimum Gasteiger partial charge on any atom is -0.377 e. The molecule has 1 aliphatic carbocycles. The molecule has 2 aromatic heterocycles. The summed E-state index contributed by atoms with van der Waals surface area (Å²) < 4.78 is 13.3. The van der Waals surface area contributed by atoms with E-state index < -0.39 is 0 Å². The number of nitrogens with zero attached hydrogens (tertiary/aromatic N) is 4. The molecule has 1 aliphatic heterocycles. The number of anilines is 1. The van der Waals surface area contributed by atoms with Gasteiger partial charge in [-0.15, -0.1) is 0 Å². The van der Waals surface area contributed by atoms with Crippen LogP contribution in [0.25, 0.3) is 11.3 Å². The quantitative estimate of drug-likeness (QED) is 0.806. The molecule has 0 saturated carbocycles. The van der Waals surface area contributed by atoms with Gasteiger partial charge in [-0.2, -0.15) is 0 Å². The second kappa shape index (κ2) is 8.08. The third kappa shape index (κ3) is 3.63. The molecule has 0 amide bonds. The molecule has 0 radical (unpaired) electrons. The molecule has 2 aromatic rings. The van der Waals surface area contributed by atoms with Gasteiger partial charge in [0.25, 0.3) is 5.56 Å². The SMILES string of the molecule is COC1C=CC=CC1[C@@H]1CN(c2nc(-c3ccncc3)cc(=O)n2C)CCO1. The van der Waals surface area contributed by atoms with Crippen molar-refractivity contribution in [1.82, 2.24) is 14.5 Å². The zero-order valence-corrected chi connectivity index (χ0v) is 16.1. The molecule has 28 heavy (non-hydrogen) atoms. The predicted molar refractivity (Wildman–Crippen MR) is 107 cm³/mol. The van der Waals surface area contributed by atoms with Gasteiger partial charge in [-0.1, -0.05) is 24.3 Å². The molecule has 4 rings (SSSR count). The first kappa shape index (κ1) is 18.6. The summed E-state index contributed by atoms with van der Waals surface area (Å²) in [6, 6.07) is 5.28. The van der Waals surface area contributed by atoms with Crippen molar-refractivity contribution in [2.24, 2.45) is 13.0 Å². The van der Waals surface area contributed by atoms with Crippen molar-refractivity contribution >= 4 is 5.95 Å². The van der Waals surface area contributed by atoms with Crippen molar-refractivity contribution in [2.75, 3.05) is 31.7 Å². The van der Waals surface area contributed by atoms with Gasteiger partial charge in [-0.05, 0) is 12.1 Å². The van der Waals surface area contributed by atoms with E-state index in [0.717, 1.165) is 5.56 Å². The first-order chi connectivity index (χ1) is 13.7. The van der Waals surface area contributed by atoms with Gasteiger partial charge < -0.3 is 14.4 Å². The van der Waals surface area contributed by atoms with Gasteiger partial charge in [0, 0.05) is 57.2 Å². The second-order valence-electron chi connectivity index (χ2n) is 6.98. The minimum atomic E-state index is -0.0879. The van der Waals surface area contributed by atoms with Gasteiger partial charge in [0.05, 0.1) is 24.5 Å². The fraction of sp³-hybridized carbons (Fsp3) is 0.381. The van der Waals surface area contributed by atoms with Crippen LogP contribution in [0.15, 0.2) is 59.7 Å². The summed E-state index contributed by atoms with van der Waals surface area (Å²) in [4.78, 5) is 23.5. The van der Waals surface area contributed by atoms with E-state index in [-0.39, 0.29) is 23.7 Å². The van der Waals surface area contributed by atoms with Gasteiger partial charge in [-0.25, -0.2) is 4.98 Å². The Hall–Kier alpha value is -2.77. The Balaban J connectivity index is 1.63. The lowest BCUT2D eigenvalue weighted by molar-refractivity contribution is -0.0266. The normalized spacial score (nSPS) is 24.5. The van der Waals surface area contributed by atoms with Crippen LogP contribution >= 0.6 is 0 Å². The van der Waals surface area contributed by atoms with E-state index in [2.05, 4.69) is 16.0 Å². The lowest BCUT2D eigenvalue weighted by Gasteiger charge is -2.39. The van der Waals surface area contributed by atoms with Gasteiger partial charge in [0.1, 0.15) is 0 Å². The van der Waals surface area contributed by atoms with Gasteiger partial charge in [0.2, 0.25) is 5.95 Å². The Morgan fingerprint density at radius 1 is 1.21 bits per heavy atom. The molecule has 7 heteroatoms. The van der Waals surface area contributed by atoms with Crippen molar-refractivity contribution in [2.45, 2.75) is 12.2 Å². The number of hydrogen-bond acceptors (Lipinski definition) is 6. The summed E-state index contributed by atoms with van der Waals surface area (Å²) >= 11 is 0. The Morgan fingerprint density at radius 2 is 2.00 bits per heavy atom. The fourth-order valence-corrected chi connectivity index (χ4v) is 3.75. The van der Waals surface area contributed by atoms with Gasteiger partial charge in [0.15, 0.2) is 0 Å². The smallest absolute Gasteiger partial charge is 0.255 e. The standard InChI is InChI=1S/C21H24N4O3/c1-24-20(26)13-17(15-7-9-22-10-8-15)23-21(24)25-11-12-28-19(14-25)16-5-3-4-6-18(16)27-2/h3-10,13,16,18-19H,11-12,14H2,1-2H3/t16?,18?,19-/m0/s1. The van der Waals surface area contributed by atoms with Crippen LogP contribution in [0.3, 0.4) is 0 Å². The minimum absolute atomic E-state index is 0.0186. The first-order valence-corrected chi connectivity index (χ1v) is 9.40. The molecule has 2 aliphatic rings. The van der Waals surface area contributed by atoms with E-state index in [0.29, 0.717) is 31.3 Å². The molecular formula is C21H24N4O3. The number of morpholine rings is 1. The number of aromatic nitrogens is 3. The number of hydrogen-bond donors (Lipinski definition) is 0. The fourth-order valence-electron chi connectivity index (χ4n) is 3.75. The van der Waals surface area contributed by atoms with Crippen molar-refractivity contribution in [3.8, 4) is 11.3 Å². The summed E-state index contributed by atoms with van der Waals surface area (Å²) in [5.41, 5.74) is 1.44. The lowest BCUT2D eigenvalue weighted by Crippen LogP contribution is -2.49. The van der Waals surface area contributed by atoms with Crippen molar-refractivity contribution < 1.29 is 9.47 Å². The highest BCUT2D eigenvalue weighted by molar-refractivity contribution is 5.59. The number of pyridine rings is 1. The average molecular weight is 380 g/mol. The summed E-state index contributed by atoms with van der Waals surface area (Å²) in [5.74, 6) is 0.773. The predicted octanol–water partition coefficient (Wildman–Crippen LogP) is 1.80. The molecule has 0 aromatic carbocycles. The van der Waals surface area contributed by atoms with Crippen molar-refractivity contribution in [3.63, 3.8) is 0 Å². The maximum Gasteiger partial charge on any atom is 0.255 e. The zero-order chi connectivity index (χ0) is 19.5. The van der Waals surface area contributed by atoms with Crippen LogP contribution in [0.1, 0.15) is 0 Å². The maximum absolute atomic E-state index is 12.6. The van der Waals surface area contributed by atoms with Crippen LogP contribution in [0, 0.1) is 5.92 Å². The van der Waals surface area contributed by atoms with Crippen molar-refractivity contribution in [3.05, 3.63) is 65.3 Å².